The molecule has 0 aromatic heterocycles. The number of piperazine rings is 1. The normalized spacial score (nSPS) is 15.1. The van der Waals surface area contributed by atoms with Crippen LogP contribution in [-0.4, -0.2) is 55.9 Å². The molecule has 0 spiro atoms. The SMILES string of the molecule is CC(=O)c1ccc(C(=O)NCCN2CCNCC2)cc1.Cl. The molecule has 1 saturated heterocycles. The standard InChI is InChI=1S/C15H21N3O2.ClH/c1-12(19)13-2-4-14(5-3-13)15(20)17-8-11-18-9-6-16-7-10-18;/h2-5,16H,6-11H2,1H3,(H,17,20);1H. The van der Waals surface area contributed by atoms with Gasteiger partial charge in [0, 0.05) is 50.4 Å². The first-order valence-electron chi connectivity index (χ1n) is 6.99. The van der Waals surface area contributed by atoms with Crippen molar-refractivity contribution >= 4 is 24.1 Å². The van der Waals surface area contributed by atoms with Gasteiger partial charge in [0.2, 0.25) is 0 Å². The van der Waals surface area contributed by atoms with Gasteiger partial charge in [-0.3, -0.25) is 14.5 Å². The molecule has 1 amide bonds. The first-order chi connectivity index (χ1) is 9.66. The largest absolute Gasteiger partial charge is 0.351 e. The van der Waals surface area contributed by atoms with Gasteiger partial charge >= 0.3 is 0 Å². The van der Waals surface area contributed by atoms with E-state index < -0.39 is 0 Å². The Morgan fingerprint density at radius 1 is 1.14 bits per heavy atom. The van der Waals surface area contributed by atoms with E-state index in [2.05, 4.69) is 15.5 Å². The monoisotopic (exact) mass is 311 g/mol. The lowest BCUT2D eigenvalue weighted by Crippen LogP contribution is -2.46. The molecule has 0 bridgehead atoms. The Kier molecular flexibility index (Phi) is 7.36. The number of hydrogen-bond acceptors (Lipinski definition) is 4. The third-order valence-corrected chi connectivity index (χ3v) is 3.48. The van der Waals surface area contributed by atoms with Gasteiger partial charge in [-0.15, -0.1) is 12.4 Å². The topological polar surface area (TPSA) is 61.4 Å². The van der Waals surface area contributed by atoms with Crippen LogP contribution in [-0.2, 0) is 0 Å². The molecule has 21 heavy (non-hydrogen) atoms. The molecule has 1 aliphatic rings. The maximum absolute atomic E-state index is 11.9. The third kappa shape index (κ3) is 5.46. The Labute approximate surface area is 131 Å². The number of hydrogen-bond donors (Lipinski definition) is 2. The van der Waals surface area contributed by atoms with Crippen LogP contribution in [0.3, 0.4) is 0 Å². The van der Waals surface area contributed by atoms with Gasteiger partial charge in [-0.25, -0.2) is 0 Å². The van der Waals surface area contributed by atoms with Crippen LogP contribution in [0, 0.1) is 0 Å². The molecule has 1 aromatic rings. The molecule has 2 rings (SSSR count). The van der Waals surface area contributed by atoms with Crippen LogP contribution in [0.1, 0.15) is 27.6 Å². The van der Waals surface area contributed by atoms with Crippen molar-refractivity contribution < 1.29 is 9.59 Å². The number of carbonyl (C=O) groups is 2. The number of carbonyl (C=O) groups excluding carboxylic acids is 2. The van der Waals surface area contributed by atoms with Crippen LogP contribution in [0.4, 0.5) is 0 Å². The fourth-order valence-corrected chi connectivity index (χ4v) is 2.22. The summed E-state index contributed by atoms with van der Waals surface area (Å²) in [5.74, 6) is -0.0779. The van der Waals surface area contributed by atoms with Crippen molar-refractivity contribution in [3.05, 3.63) is 35.4 Å². The Morgan fingerprint density at radius 3 is 2.29 bits per heavy atom. The van der Waals surface area contributed by atoms with Crippen LogP contribution in [0.25, 0.3) is 0 Å². The quantitative estimate of drug-likeness (QED) is 0.795. The maximum atomic E-state index is 11.9. The fraction of sp³-hybridized carbons (Fsp3) is 0.467. The van der Waals surface area contributed by atoms with E-state index in [9.17, 15) is 9.59 Å². The lowest BCUT2D eigenvalue weighted by atomic mass is 10.1. The maximum Gasteiger partial charge on any atom is 0.251 e. The summed E-state index contributed by atoms with van der Waals surface area (Å²) in [5.41, 5.74) is 1.22. The molecule has 116 valence electrons. The highest BCUT2D eigenvalue weighted by Gasteiger charge is 2.10. The zero-order chi connectivity index (χ0) is 14.4. The van der Waals surface area contributed by atoms with E-state index in [1.54, 1.807) is 24.3 Å². The van der Waals surface area contributed by atoms with Crippen LogP contribution in [0.2, 0.25) is 0 Å². The van der Waals surface area contributed by atoms with Crippen molar-refractivity contribution in [2.75, 3.05) is 39.3 Å². The molecule has 0 unspecified atom stereocenters. The smallest absolute Gasteiger partial charge is 0.251 e. The van der Waals surface area contributed by atoms with Crippen molar-refractivity contribution in [1.82, 2.24) is 15.5 Å². The van der Waals surface area contributed by atoms with Gasteiger partial charge in [0.25, 0.3) is 5.91 Å². The second-order valence-corrected chi connectivity index (χ2v) is 4.98. The van der Waals surface area contributed by atoms with Crippen LogP contribution < -0.4 is 10.6 Å². The first kappa shape index (κ1) is 17.6. The highest BCUT2D eigenvalue weighted by molar-refractivity contribution is 5.97. The van der Waals surface area contributed by atoms with Crippen molar-refractivity contribution in [2.45, 2.75) is 6.92 Å². The predicted molar refractivity (Wildman–Crippen MR) is 85.3 cm³/mol. The third-order valence-electron chi connectivity index (χ3n) is 3.48. The molecule has 0 atom stereocenters. The number of halogens is 1. The highest BCUT2D eigenvalue weighted by atomic mass is 35.5. The number of nitrogens with one attached hydrogen (secondary N) is 2. The minimum atomic E-state index is -0.0877. The number of benzene rings is 1. The van der Waals surface area contributed by atoms with Gasteiger partial charge in [-0.2, -0.15) is 0 Å². The molecule has 2 N–H and O–H groups in total. The van der Waals surface area contributed by atoms with Gasteiger partial charge < -0.3 is 10.6 Å². The summed E-state index contributed by atoms with van der Waals surface area (Å²) in [6, 6.07) is 6.76. The van der Waals surface area contributed by atoms with E-state index in [-0.39, 0.29) is 24.1 Å². The van der Waals surface area contributed by atoms with Crippen LogP contribution in [0.5, 0.6) is 0 Å². The van der Waals surface area contributed by atoms with E-state index in [0.717, 1.165) is 32.7 Å². The number of rotatable bonds is 5. The van der Waals surface area contributed by atoms with E-state index in [1.807, 2.05) is 0 Å². The fourth-order valence-electron chi connectivity index (χ4n) is 2.22. The van der Waals surface area contributed by atoms with Crippen molar-refractivity contribution in [3.63, 3.8) is 0 Å². The second-order valence-electron chi connectivity index (χ2n) is 4.98. The average Bonchev–Trinajstić information content (AvgIpc) is 2.48. The summed E-state index contributed by atoms with van der Waals surface area (Å²) < 4.78 is 0. The van der Waals surface area contributed by atoms with E-state index in [0.29, 0.717) is 17.7 Å². The molecule has 1 heterocycles. The lowest BCUT2D eigenvalue weighted by Gasteiger charge is -2.27. The average molecular weight is 312 g/mol. The Hall–Kier alpha value is -1.43. The van der Waals surface area contributed by atoms with Gasteiger partial charge in [-0.1, -0.05) is 12.1 Å². The van der Waals surface area contributed by atoms with Gasteiger partial charge in [0.05, 0.1) is 0 Å². The minimum absolute atomic E-state index is 0. The van der Waals surface area contributed by atoms with Crippen molar-refractivity contribution in [1.29, 1.82) is 0 Å². The zero-order valence-electron chi connectivity index (χ0n) is 12.2. The summed E-state index contributed by atoms with van der Waals surface area (Å²) in [5, 5.41) is 6.21. The highest BCUT2D eigenvalue weighted by Crippen LogP contribution is 2.05. The Bertz CT molecular complexity index is 470. The van der Waals surface area contributed by atoms with Gasteiger partial charge in [0.1, 0.15) is 0 Å². The van der Waals surface area contributed by atoms with E-state index >= 15 is 0 Å². The summed E-state index contributed by atoms with van der Waals surface area (Å²) in [6.45, 7) is 7.13. The minimum Gasteiger partial charge on any atom is -0.351 e. The van der Waals surface area contributed by atoms with Crippen molar-refractivity contribution in [3.8, 4) is 0 Å². The second kappa shape index (κ2) is 8.77. The van der Waals surface area contributed by atoms with Gasteiger partial charge in [0.15, 0.2) is 5.78 Å². The molecule has 6 heteroatoms. The number of ketones is 1. The van der Waals surface area contributed by atoms with Crippen molar-refractivity contribution in [2.24, 2.45) is 0 Å². The van der Waals surface area contributed by atoms with E-state index in [1.165, 1.54) is 6.92 Å². The molecular formula is C15H22ClN3O2. The lowest BCUT2D eigenvalue weighted by molar-refractivity contribution is 0.0945. The molecular weight excluding hydrogens is 290 g/mol. The number of Topliss-reactive ketones (excluding diaryl/α,β-unsaturated/α-hetero) is 1. The molecule has 1 aromatic carbocycles. The molecule has 1 aliphatic heterocycles. The molecule has 0 aliphatic carbocycles. The zero-order valence-corrected chi connectivity index (χ0v) is 13.0. The molecule has 0 radical (unpaired) electrons. The molecule has 0 saturated carbocycles. The van der Waals surface area contributed by atoms with Gasteiger partial charge in [-0.05, 0) is 19.1 Å². The summed E-state index contributed by atoms with van der Waals surface area (Å²) >= 11 is 0. The summed E-state index contributed by atoms with van der Waals surface area (Å²) in [7, 11) is 0. The molecule has 5 nitrogen and oxygen atoms in total. The Balaban J connectivity index is 0.00000220. The number of amides is 1. The van der Waals surface area contributed by atoms with Crippen LogP contribution in [0.15, 0.2) is 24.3 Å². The predicted octanol–water partition coefficient (Wildman–Crippen LogP) is 0.946. The number of nitrogens with zero attached hydrogens (tertiary/aromatic N) is 1. The Morgan fingerprint density at radius 2 is 1.71 bits per heavy atom. The first-order valence-corrected chi connectivity index (χ1v) is 6.99. The summed E-state index contributed by atoms with van der Waals surface area (Å²) in [4.78, 5) is 25.4. The van der Waals surface area contributed by atoms with Crippen LogP contribution >= 0.6 is 12.4 Å². The molecule has 1 fully saturated rings. The van der Waals surface area contributed by atoms with E-state index in [4.69, 9.17) is 0 Å². The summed E-state index contributed by atoms with van der Waals surface area (Å²) in [6.07, 6.45) is 0.